The summed E-state index contributed by atoms with van der Waals surface area (Å²) in [6.45, 7) is 0. The van der Waals surface area contributed by atoms with Crippen LogP contribution in [0.4, 0.5) is 8.78 Å². The molecule has 2 heterocycles. The molecule has 0 saturated carbocycles. The average Bonchev–Trinajstić information content (AvgIpc) is 3.47. The van der Waals surface area contributed by atoms with Gasteiger partial charge in [-0.15, -0.1) is 0 Å². The van der Waals surface area contributed by atoms with Gasteiger partial charge in [0.25, 0.3) is 0 Å². The topological polar surface area (TPSA) is 81.2 Å². The number of halogens is 2. The number of aromatic nitrogens is 2. The van der Waals surface area contributed by atoms with Crippen molar-refractivity contribution in [3.63, 3.8) is 0 Å². The van der Waals surface area contributed by atoms with Crippen LogP contribution in [-0.4, -0.2) is 9.13 Å². The summed E-state index contributed by atoms with van der Waals surface area (Å²) in [5, 5.41) is 32.7. The van der Waals surface area contributed by atoms with Crippen LogP contribution in [0.1, 0.15) is 16.7 Å². The number of para-hydroxylation sites is 3. The van der Waals surface area contributed by atoms with Gasteiger partial charge < -0.3 is 9.13 Å². The Morgan fingerprint density at radius 1 is 0.475 bits per heavy atom. The summed E-state index contributed by atoms with van der Waals surface area (Å²) >= 11 is 0. The maximum absolute atomic E-state index is 15.1. The fourth-order valence-electron chi connectivity index (χ4n) is 5.73. The number of nitrogens with zero attached hydrogens (tertiary/aromatic N) is 5. The fraction of sp³-hybridized carbons (Fsp3) is 0. The van der Waals surface area contributed by atoms with E-state index in [1.807, 2.05) is 71.3 Å². The molecule has 0 amide bonds. The minimum absolute atomic E-state index is 0.164. The Kier molecular flexibility index (Phi) is 4.94. The van der Waals surface area contributed by atoms with E-state index in [2.05, 4.69) is 12.1 Å². The standard InChI is InChI=1S/C33H15F2N5/c34-26-8-5-9-27(35)33(26)40-29-11-4-2-7-23(29)25-14-30-24(15-31(25)40)22-6-1-3-10-28(22)39(30)32-20(17-37)12-19(16-36)13-21(32)18-38/h1-15H. The Balaban J connectivity index is 1.71. The van der Waals surface area contributed by atoms with Crippen LogP contribution < -0.4 is 0 Å². The molecule has 7 aromatic rings. The Morgan fingerprint density at radius 2 is 0.950 bits per heavy atom. The zero-order valence-corrected chi connectivity index (χ0v) is 20.7. The van der Waals surface area contributed by atoms with Crippen molar-refractivity contribution in [3.8, 4) is 29.6 Å². The Bertz CT molecular complexity index is 2280. The lowest BCUT2D eigenvalue weighted by molar-refractivity contribution is 0.573. The number of fused-ring (bicyclic) bond motifs is 6. The van der Waals surface area contributed by atoms with E-state index in [4.69, 9.17) is 0 Å². The Labute approximate surface area is 226 Å². The Hall–Kier alpha value is -5.97. The molecule has 0 fully saturated rings. The van der Waals surface area contributed by atoms with Crippen LogP contribution in [0.2, 0.25) is 0 Å². The first-order valence-electron chi connectivity index (χ1n) is 12.3. The van der Waals surface area contributed by atoms with Gasteiger partial charge in [0, 0.05) is 21.5 Å². The molecular weight excluding hydrogens is 504 g/mol. The summed E-state index contributed by atoms with van der Waals surface area (Å²) < 4.78 is 33.7. The van der Waals surface area contributed by atoms with Crippen molar-refractivity contribution in [2.24, 2.45) is 0 Å². The van der Waals surface area contributed by atoms with Crippen molar-refractivity contribution in [1.82, 2.24) is 9.13 Å². The van der Waals surface area contributed by atoms with Crippen LogP contribution in [0, 0.1) is 45.6 Å². The monoisotopic (exact) mass is 519 g/mol. The summed E-state index contributed by atoms with van der Waals surface area (Å²) in [6.07, 6.45) is 0. The normalized spacial score (nSPS) is 11.2. The second-order valence-corrected chi connectivity index (χ2v) is 9.42. The maximum atomic E-state index is 15.1. The van der Waals surface area contributed by atoms with E-state index >= 15 is 8.78 Å². The third-order valence-corrected chi connectivity index (χ3v) is 7.33. The molecule has 2 aromatic heterocycles. The number of hydrogen-bond acceptors (Lipinski definition) is 3. The van der Waals surface area contributed by atoms with E-state index in [1.54, 1.807) is 4.57 Å². The summed E-state index contributed by atoms with van der Waals surface area (Å²) in [6, 6.07) is 31.9. The van der Waals surface area contributed by atoms with Gasteiger partial charge in [-0.05, 0) is 48.5 Å². The minimum atomic E-state index is -0.680. The largest absolute Gasteiger partial charge is 0.307 e. The predicted molar refractivity (Wildman–Crippen MR) is 149 cm³/mol. The lowest BCUT2D eigenvalue weighted by Gasteiger charge is -2.13. The summed E-state index contributed by atoms with van der Waals surface area (Å²) in [4.78, 5) is 0. The number of hydrogen-bond donors (Lipinski definition) is 0. The Morgan fingerprint density at radius 3 is 1.43 bits per heavy atom. The second-order valence-electron chi connectivity index (χ2n) is 9.42. The summed E-state index contributed by atoms with van der Waals surface area (Å²) in [5.41, 5.74) is 3.51. The summed E-state index contributed by atoms with van der Waals surface area (Å²) in [7, 11) is 0. The predicted octanol–water partition coefficient (Wildman–Crippen LogP) is 7.77. The van der Waals surface area contributed by atoms with Gasteiger partial charge in [0.2, 0.25) is 0 Å². The van der Waals surface area contributed by atoms with Gasteiger partial charge in [-0.3, -0.25) is 0 Å². The van der Waals surface area contributed by atoms with Crippen molar-refractivity contribution in [2.75, 3.05) is 0 Å². The highest BCUT2D eigenvalue weighted by Gasteiger charge is 2.23. The van der Waals surface area contributed by atoms with Crippen LogP contribution in [0.3, 0.4) is 0 Å². The molecule has 0 unspecified atom stereocenters. The number of rotatable bonds is 2. The van der Waals surface area contributed by atoms with Gasteiger partial charge in [-0.25, -0.2) is 8.78 Å². The zero-order valence-electron chi connectivity index (χ0n) is 20.7. The number of nitriles is 3. The van der Waals surface area contributed by atoms with Crippen LogP contribution in [0.15, 0.2) is 91.0 Å². The lowest BCUT2D eigenvalue weighted by Crippen LogP contribution is -2.02. The molecule has 0 aliphatic carbocycles. The maximum Gasteiger partial charge on any atom is 0.150 e. The molecule has 40 heavy (non-hydrogen) atoms. The molecular formula is C33H15F2N5. The first-order valence-corrected chi connectivity index (χ1v) is 12.3. The molecule has 0 saturated heterocycles. The van der Waals surface area contributed by atoms with Gasteiger partial charge in [0.15, 0.2) is 0 Å². The van der Waals surface area contributed by atoms with Gasteiger partial charge in [0.1, 0.15) is 29.5 Å². The molecule has 7 heteroatoms. The number of benzene rings is 5. The van der Waals surface area contributed by atoms with E-state index in [0.717, 1.165) is 27.1 Å². The van der Waals surface area contributed by atoms with Crippen molar-refractivity contribution in [3.05, 3.63) is 119 Å². The molecule has 0 N–H and O–H groups in total. The van der Waals surface area contributed by atoms with Crippen LogP contribution in [-0.2, 0) is 0 Å². The highest BCUT2D eigenvalue weighted by Crippen LogP contribution is 2.41. The first kappa shape index (κ1) is 23.2. The van der Waals surface area contributed by atoms with E-state index in [0.29, 0.717) is 22.2 Å². The first-order chi connectivity index (χ1) is 19.5. The molecule has 0 aliphatic heterocycles. The van der Waals surface area contributed by atoms with E-state index in [9.17, 15) is 15.8 Å². The van der Waals surface area contributed by atoms with Gasteiger partial charge >= 0.3 is 0 Å². The summed E-state index contributed by atoms with van der Waals surface area (Å²) in [5.74, 6) is -1.36. The molecule has 5 aromatic carbocycles. The average molecular weight is 520 g/mol. The highest BCUT2D eigenvalue weighted by molar-refractivity contribution is 6.19. The quantitative estimate of drug-likeness (QED) is 0.234. The molecule has 0 radical (unpaired) electrons. The SMILES string of the molecule is N#Cc1cc(C#N)c(-n2c3ccccc3c3cc4c(cc32)c2ccccc2n4-c2c(F)cccc2F)c(C#N)c1. The van der Waals surface area contributed by atoms with Gasteiger partial charge in [-0.1, -0.05) is 42.5 Å². The van der Waals surface area contributed by atoms with Crippen LogP contribution in [0.25, 0.3) is 55.0 Å². The molecule has 0 atom stereocenters. The molecule has 7 rings (SSSR count). The molecule has 0 bridgehead atoms. The van der Waals surface area contributed by atoms with Crippen molar-refractivity contribution < 1.29 is 8.78 Å². The third-order valence-electron chi connectivity index (χ3n) is 7.33. The third kappa shape index (κ3) is 3.08. The molecule has 0 aliphatic rings. The van der Waals surface area contributed by atoms with Crippen LogP contribution >= 0.6 is 0 Å². The van der Waals surface area contributed by atoms with Crippen LogP contribution in [0.5, 0.6) is 0 Å². The van der Waals surface area contributed by atoms with Crippen molar-refractivity contribution in [2.45, 2.75) is 0 Å². The molecule has 0 spiro atoms. The van der Waals surface area contributed by atoms with E-state index < -0.39 is 11.6 Å². The smallest absolute Gasteiger partial charge is 0.150 e. The van der Waals surface area contributed by atoms with E-state index in [-0.39, 0.29) is 22.4 Å². The van der Waals surface area contributed by atoms with Gasteiger partial charge in [-0.2, -0.15) is 15.8 Å². The van der Waals surface area contributed by atoms with Crippen molar-refractivity contribution in [1.29, 1.82) is 15.8 Å². The van der Waals surface area contributed by atoms with Crippen molar-refractivity contribution >= 4 is 43.6 Å². The molecule has 5 nitrogen and oxygen atoms in total. The van der Waals surface area contributed by atoms with Gasteiger partial charge in [0.05, 0.1) is 50.5 Å². The lowest BCUT2D eigenvalue weighted by atomic mass is 10.0. The highest BCUT2D eigenvalue weighted by atomic mass is 19.1. The minimum Gasteiger partial charge on any atom is -0.307 e. The fourth-order valence-corrected chi connectivity index (χ4v) is 5.73. The van der Waals surface area contributed by atoms with E-state index in [1.165, 1.54) is 30.3 Å². The second kappa shape index (κ2) is 8.53. The zero-order chi connectivity index (χ0) is 27.5. The molecule has 186 valence electrons.